The fourth-order valence-electron chi connectivity index (χ4n) is 2.49. The molecule has 4 N–H and O–H groups in total. The van der Waals surface area contributed by atoms with Gasteiger partial charge in [-0.2, -0.15) is 0 Å². The van der Waals surface area contributed by atoms with Gasteiger partial charge < -0.3 is 25.8 Å². The molecule has 1 atom stereocenters. The van der Waals surface area contributed by atoms with E-state index in [-0.39, 0.29) is 13.0 Å². The van der Waals surface area contributed by atoms with Crippen molar-refractivity contribution in [3.8, 4) is 0 Å². The fraction of sp³-hybridized carbons (Fsp3) is 0.238. The first kappa shape index (κ1) is 22.4. The Labute approximate surface area is 173 Å². The number of carbonyl (C=O) groups excluding carboxylic acids is 3. The highest BCUT2D eigenvalue weighted by Gasteiger charge is 2.22. The number of ether oxygens (including phenoxy) is 1. The minimum atomic E-state index is -1.19. The molecule has 0 bridgehead atoms. The molecule has 9 heteroatoms. The number of rotatable bonds is 10. The molecule has 30 heavy (non-hydrogen) atoms. The zero-order chi connectivity index (χ0) is 21.8. The first-order chi connectivity index (χ1) is 14.4. The van der Waals surface area contributed by atoms with Crippen molar-refractivity contribution in [3.05, 3.63) is 71.8 Å². The number of carboxylic acids is 1. The van der Waals surface area contributed by atoms with Crippen molar-refractivity contribution in [1.82, 2.24) is 16.0 Å². The van der Waals surface area contributed by atoms with E-state index in [0.717, 1.165) is 11.1 Å². The molecule has 2 aromatic carbocycles. The number of hydrogen-bond acceptors (Lipinski definition) is 5. The van der Waals surface area contributed by atoms with E-state index in [1.54, 1.807) is 36.4 Å². The van der Waals surface area contributed by atoms with Gasteiger partial charge in [0.15, 0.2) is 0 Å². The molecule has 0 heterocycles. The Morgan fingerprint density at radius 1 is 0.833 bits per heavy atom. The topological polar surface area (TPSA) is 134 Å². The SMILES string of the molecule is O=C(O)CNC(=O)CNC(=O)[C@H](Cc1ccccc1)NC(=O)OCc1ccccc1. The predicted molar refractivity (Wildman–Crippen MR) is 107 cm³/mol. The van der Waals surface area contributed by atoms with Gasteiger partial charge in [0, 0.05) is 6.42 Å². The van der Waals surface area contributed by atoms with Crippen LogP contribution in [0.1, 0.15) is 11.1 Å². The van der Waals surface area contributed by atoms with E-state index in [9.17, 15) is 19.2 Å². The lowest BCUT2D eigenvalue weighted by atomic mass is 10.1. The van der Waals surface area contributed by atoms with Gasteiger partial charge in [-0.1, -0.05) is 60.7 Å². The Bertz CT molecular complexity index is 858. The summed E-state index contributed by atoms with van der Waals surface area (Å²) in [5.41, 5.74) is 1.60. The number of benzene rings is 2. The minimum absolute atomic E-state index is 0.0456. The summed E-state index contributed by atoms with van der Waals surface area (Å²) in [6.07, 6.45) is -0.589. The zero-order valence-electron chi connectivity index (χ0n) is 16.2. The van der Waals surface area contributed by atoms with E-state index in [0.29, 0.717) is 0 Å². The quantitative estimate of drug-likeness (QED) is 0.456. The minimum Gasteiger partial charge on any atom is -0.480 e. The molecule has 2 aromatic rings. The maximum absolute atomic E-state index is 12.5. The van der Waals surface area contributed by atoms with Crippen molar-refractivity contribution >= 4 is 23.9 Å². The number of carboxylic acid groups (broad SMARTS) is 1. The van der Waals surface area contributed by atoms with Crippen molar-refractivity contribution in [2.45, 2.75) is 19.1 Å². The van der Waals surface area contributed by atoms with Crippen molar-refractivity contribution in [1.29, 1.82) is 0 Å². The van der Waals surface area contributed by atoms with Crippen molar-refractivity contribution < 1.29 is 29.0 Å². The van der Waals surface area contributed by atoms with E-state index in [1.165, 1.54) is 0 Å². The zero-order valence-corrected chi connectivity index (χ0v) is 16.2. The van der Waals surface area contributed by atoms with Crippen LogP contribution >= 0.6 is 0 Å². The maximum atomic E-state index is 12.5. The van der Waals surface area contributed by atoms with Gasteiger partial charge in [-0.25, -0.2) is 4.79 Å². The van der Waals surface area contributed by atoms with Crippen LogP contribution in [-0.2, 0) is 32.1 Å². The lowest BCUT2D eigenvalue weighted by Gasteiger charge is -2.18. The van der Waals surface area contributed by atoms with Crippen LogP contribution in [0, 0.1) is 0 Å². The molecule has 0 aliphatic rings. The number of alkyl carbamates (subject to hydrolysis) is 1. The molecule has 2 rings (SSSR count). The van der Waals surface area contributed by atoms with E-state index in [2.05, 4.69) is 16.0 Å². The second-order valence-corrected chi connectivity index (χ2v) is 6.34. The molecule has 0 saturated carbocycles. The Morgan fingerprint density at radius 2 is 1.43 bits per heavy atom. The molecule has 0 fully saturated rings. The van der Waals surface area contributed by atoms with Gasteiger partial charge in [-0.3, -0.25) is 14.4 Å². The fourth-order valence-corrected chi connectivity index (χ4v) is 2.49. The summed E-state index contributed by atoms with van der Waals surface area (Å²) >= 11 is 0. The predicted octanol–water partition coefficient (Wildman–Crippen LogP) is 0.841. The molecule has 0 aliphatic heterocycles. The van der Waals surface area contributed by atoms with Crippen LogP contribution in [-0.4, -0.2) is 48.1 Å². The van der Waals surface area contributed by atoms with E-state index in [1.807, 2.05) is 24.3 Å². The smallest absolute Gasteiger partial charge is 0.408 e. The van der Waals surface area contributed by atoms with Crippen LogP contribution in [0.25, 0.3) is 0 Å². The maximum Gasteiger partial charge on any atom is 0.408 e. The summed E-state index contributed by atoms with van der Waals surface area (Å²) in [5.74, 6) is -2.45. The molecule has 0 spiro atoms. The molecule has 0 aliphatic carbocycles. The summed E-state index contributed by atoms with van der Waals surface area (Å²) in [7, 11) is 0. The van der Waals surface area contributed by atoms with Crippen molar-refractivity contribution in [2.75, 3.05) is 13.1 Å². The van der Waals surface area contributed by atoms with Crippen molar-refractivity contribution in [3.63, 3.8) is 0 Å². The van der Waals surface area contributed by atoms with Crippen molar-refractivity contribution in [2.24, 2.45) is 0 Å². The third-order valence-corrected chi connectivity index (χ3v) is 3.96. The molecule has 0 saturated heterocycles. The number of carbonyl (C=O) groups is 4. The average Bonchev–Trinajstić information content (AvgIpc) is 2.75. The number of hydrogen-bond donors (Lipinski definition) is 4. The molecular weight excluding hydrogens is 390 g/mol. The highest BCUT2D eigenvalue weighted by atomic mass is 16.5. The molecule has 158 valence electrons. The Morgan fingerprint density at radius 3 is 2.03 bits per heavy atom. The van der Waals surface area contributed by atoms with Gasteiger partial charge >= 0.3 is 12.1 Å². The molecule has 3 amide bonds. The van der Waals surface area contributed by atoms with Gasteiger partial charge in [-0.05, 0) is 11.1 Å². The standard InChI is InChI=1S/C21H23N3O6/c25-18(22-13-19(26)27)12-23-20(28)17(11-15-7-3-1-4-8-15)24-21(29)30-14-16-9-5-2-6-10-16/h1-10,17H,11-14H2,(H,22,25)(H,23,28)(H,24,29)(H,26,27)/t17-/m0/s1. The molecule has 9 nitrogen and oxygen atoms in total. The third-order valence-electron chi connectivity index (χ3n) is 3.96. The summed E-state index contributed by atoms with van der Waals surface area (Å²) in [6, 6.07) is 17.1. The molecule has 0 aromatic heterocycles. The Hall–Kier alpha value is -3.88. The summed E-state index contributed by atoms with van der Waals surface area (Å²) < 4.78 is 5.16. The number of nitrogens with one attached hydrogen (secondary N) is 3. The van der Waals surface area contributed by atoms with Gasteiger partial charge in [0.1, 0.15) is 19.2 Å². The van der Waals surface area contributed by atoms with Gasteiger partial charge in [-0.15, -0.1) is 0 Å². The normalized spacial score (nSPS) is 11.1. The van der Waals surface area contributed by atoms with E-state index >= 15 is 0 Å². The number of aliphatic carboxylic acids is 1. The Kier molecular flexibility index (Phi) is 8.85. The molecular formula is C21H23N3O6. The van der Waals surface area contributed by atoms with Gasteiger partial charge in [0.25, 0.3) is 0 Å². The van der Waals surface area contributed by atoms with Gasteiger partial charge in [0.05, 0.1) is 6.54 Å². The third kappa shape index (κ3) is 8.42. The molecule has 0 radical (unpaired) electrons. The summed E-state index contributed by atoms with van der Waals surface area (Å²) in [4.78, 5) is 46.8. The summed E-state index contributed by atoms with van der Waals surface area (Å²) in [6.45, 7) is -0.922. The van der Waals surface area contributed by atoms with Crippen LogP contribution in [0.4, 0.5) is 4.79 Å². The molecule has 0 unspecified atom stereocenters. The first-order valence-corrected chi connectivity index (χ1v) is 9.21. The monoisotopic (exact) mass is 413 g/mol. The lowest BCUT2D eigenvalue weighted by molar-refractivity contribution is -0.137. The number of amides is 3. The second-order valence-electron chi connectivity index (χ2n) is 6.34. The van der Waals surface area contributed by atoms with Crippen LogP contribution in [0.2, 0.25) is 0 Å². The van der Waals surface area contributed by atoms with Crippen LogP contribution < -0.4 is 16.0 Å². The highest BCUT2D eigenvalue weighted by molar-refractivity contribution is 5.90. The van der Waals surface area contributed by atoms with Gasteiger partial charge in [0.2, 0.25) is 11.8 Å². The average molecular weight is 413 g/mol. The van der Waals surface area contributed by atoms with Crippen LogP contribution in [0.5, 0.6) is 0 Å². The Balaban J connectivity index is 1.93. The van der Waals surface area contributed by atoms with E-state index < -0.39 is 43.0 Å². The largest absolute Gasteiger partial charge is 0.480 e. The summed E-state index contributed by atoms with van der Waals surface area (Å²) in [5, 5.41) is 15.6. The second kappa shape index (κ2) is 11.8. The lowest BCUT2D eigenvalue weighted by Crippen LogP contribution is -2.50. The first-order valence-electron chi connectivity index (χ1n) is 9.21. The highest BCUT2D eigenvalue weighted by Crippen LogP contribution is 2.05. The van der Waals surface area contributed by atoms with Crippen LogP contribution in [0.15, 0.2) is 60.7 Å². The van der Waals surface area contributed by atoms with E-state index in [4.69, 9.17) is 9.84 Å². The van der Waals surface area contributed by atoms with Crippen LogP contribution in [0.3, 0.4) is 0 Å².